The summed E-state index contributed by atoms with van der Waals surface area (Å²) in [5.74, 6) is 1.12. The highest BCUT2D eigenvalue weighted by atomic mass is 16.5. The Bertz CT molecular complexity index is 821. The van der Waals surface area contributed by atoms with Crippen LogP contribution in [-0.2, 0) is 22.6 Å². The third-order valence-corrected chi connectivity index (χ3v) is 5.17. The summed E-state index contributed by atoms with van der Waals surface area (Å²) in [6.07, 6.45) is 1.10. The minimum Gasteiger partial charge on any atom is -0.465 e. The summed E-state index contributed by atoms with van der Waals surface area (Å²) in [4.78, 5) is 18.7. The number of benzene rings is 2. The smallest absolute Gasteiger partial charge is 0.337 e. The van der Waals surface area contributed by atoms with E-state index in [9.17, 15) is 4.79 Å². The Labute approximate surface area is 178 Å². The van der Waals surface area contributed by atoms with E-state index < -0.39 is 0 Å². The lowest BCUT2D eigenvalue weighted by atomic mass is 10.1. The number of nitrogens with zero attached hydrogens (tertiary/aromatic N) is 2. The third kappa shape index (κ3) is 6.32. The highest BCUT2D eigenvalue weighted by Gasteiger charge is 2.25. The molecule has 3 rings (SSSR count). The molecular weight excluding hydrogens is 378 g/mol. The van der Waals surface area contributed by atoms with E-state index in [4.69, 9.17) is 14.5 Å². The average Bonchev–Trinajstić information content (AvgIpc) is 3.26. The van der Waals surface area contributed by atoms with Crippen LogP contribution in [0.3, 0.4) is 0 Å². The Balaban J connectivity index is 1.51. The maximum Gasteiger partial charge on any atom is 0.337 e. The van der Waals surface area contributed by atoms with Crippen LogP contribution < -0.4 is 5.32 Å². The molecule has 1 atom stereocenters. The molecule has 0 bridgehead atoms. The van der Waals surface area contributed by atoms with Crippen LogP contribution >= 0.6 is 0 Å². The lowest BCUT2D eigenvalue weighted by Crippen LogP contribution is -2.40. The number of rotatable bonds is 8. The second-order valence-electron chi connectivity index (χ2n) is 7.46. The second-order valence-corrected chi connectivity index (χ2v) is 7.46. The van der Waals surface area contributed by atoms with Crippen LogP contribution in [0.5, 0.6) is 0 Å². The van der Waals surface area contributed by atoms with Gasteiger partial charge in [-0.05, 0) is 36.6 Å². The zero-order chi connectivity index (χ0) is 21.2. The molecule has 1 N–H and O–H groups in total. The second kappa shape index (κ2) is 11.4. The first kappa shape index (κ1) is 21.8. The van der Waals surface area contributed by atoms with Gasteiger partial charge in [-0.25, -0.2) is 9.79 Å². The molecule has 1 unspecified atom stereocenters. The number of esters is 1. The lowest BCUT2D eigenvalue weighted by Gasteiger charge is -2.21. The first-order valence-corrected chi connectivity index (χ1v) is 10.5. The quantitative estimate of drug-likeness (QED) is 0.411. The lowest BCUT2D eigenvalue weighted by molar-refractivity contribution is 0.0600. The van der Waals surface area contributed by atoms with Gasteiger partial charge in [0, 0.05) is 25.6 Å². The van der Waals surface area contributed by atoms with Crippen molar-refractivity contribution in [1.29, 1.82) is 0 Å². The van der Waals surface area contributed by atoms with Gasteiger partial charge in [0.15, 0.2) is 5.96 Å². The van der Waals surface area contributed by atoms with Crippen molar-refractivity contribution < 1.29 is 14.3 Å². The van der Waals surface area contributed by atoms with Crippen molar-refractivity contribution in [3.8, 4) is 0 Å². The molecule has 6 heteroatoms. The van der Waals surface area contributed by atoms with Crippen LogP contribution in [0.4, 0.5) is 0 Å². The van der Waals surface area contributed by atoms with Gasteiger partial charge in [-0.2, -0.15) is 0 Å². The van der Waals surface area contributed by atoms with Crippen LogP contribution in [0.15, 0.2) is 59.6 Å². The Hall–Kier alpha value is -2.86. The predicted molar refractivity (Wildman–Crippen MR) is 118 cm³/mol. The number of nitrogens with one attached hydrogen (secondary N) is 1. The van der Waals surface area contributed by atoms with Gasteiger partial charge in [0.05, 0.1) is 32.4 Å². The van der Waals surface area contributed by atoms with E-state index in [2.05, 4.69) is 29.3 Å². The van der Waals surface area contributed by atoms with Crippen molar-refractivity contribution in [2.24, 2.45) is 10.9 Å². The summed E-state index contributed by atoms with van der Waals surface area (Å²) in [6, 6.07) is 17.7. The summed E-state index contributed by atoms with van der Waals surface area (Å²) < 4.78 is 10.7. The van der Waals surface area contributed by atoms with Crippen molar-refractivity contribution in [2.75, 3.05) is 33.4 Å². The van der Waals surface area contributed by atoms with Gasteiger partial charge in [-0.1, -0.05) is 42.5 Å². The van der Waals surface area contributed by atoms with Crippen molar-refractivity contribution >= 4 is 11.9 Å². The molecule has 0 aliphatic carbocycles. The molecule has 2 aromatic rings. The van der Waals surface area contributed by atoms with E-state index in [1.807, 2.05) is 30.3 Å². The average molecular weight is 410 g/mol. The molecule has 1 fully saturated rings. The third-order valence-electron chi connectivity index (χ3n) is 5.17. The summed E-state index contributed by atoms with van der Waals surface area (Å²) in [5.41, 5.74) is 2.82. The van der Waals surface area contributed by atoms with E-state index in [1.54, 1.807) is 12.1 Å². The standard InChI is InChI=1S/C24H31N3O3/c1-3-25-24(26-15-19-9-11-22(12-10-19)23(28)29-2)27-14-13-21(16-27)18-30-17-20-7-5-4-6-8-20/h4-12,21H,3,13-18H2,1-2H3,(H,25,26). The van der Waals surface area contributed by atoms with Gasteiger partial charge in [-0.3, -0.25) is 0 Å². The van der Waals surface area contributed by atoms with Gasteiger partial charge in [0.1, 0.15) is 0 Å². The molecule has 1 aliphatic heterocycles. The fourth-order valence-electron chi connectivity index (χ4n) is 3.53. The fraction of sp³-hybridized carbons (Fsp3) is 0.417. The number of guanidine groups is 1. The Morgan fingerprint density at radius 3 is 2.60 bits per heavy atom. The molecule has 0 spiro atoms. The molecule has 30 heavy (non-hydrogen) atoms. The largest absolute Gasteiger partial charge is 0.465 e. The Morgan fingerprint density at radius 1 is 1.13 bits per heavy atom. The Morgan fingerprint density at radius 2 is 1.90 bits per heavy atom. The van der Waals surface area contributed by atoms with Crippen LogP contribution in [-0.4, -0.2) is 50.2 Å². The topological polar surface area (TPSA) is 63.2 Å². The predicted octanol–water partition coefficient (Wildman–Crippen LogP) is 3.48. The SMILES string of the molecule is CCNC(=NCc1ccc(C(=O)OC)cc1)N1CCC(COCc2ccccc2)C1. The molecule has 2 aromatic carbocycles. The minimum atomic E-state index is -0.323. The summed E-state index contributed by atoms with van der Waals surface area (Å²) in [6.45, 7) is 6.82. The highest BCUT2D eigenvalue weighted by molar-refractivity contribution is 5.89. The number of aliphatic imine (C=N–C) groups is 1. The Kier molecular flexibility index (Phi) is 8.27. The summed E-state index contributed by atoms with van der Waals surface area (Å²) in [7, 11) is 1.39. The van der Waals surface area contributed by atoms with Gasteiger partial charge >= 0.3 is 5.97 Å². The van der Waals surface area contributed by atoms with E-state index in [1.165, 1.54) is 12.7 Å². The normalized spacial score (nSPS) is 16.5. The van der Waals surface area contributed by atoms with Crippen molar-refractivity contribution in [2.45, 2.75) is 26.5 Å². The monoisotopic (exact) mass is 409 g/mol. The van der Waals surface area contributed by atoms with Crippen molar-refractivity contribution in [1.82, 2.24) is 10.2 Å². The van der Waals surface area contributed by atoms with Crippen LogP contribution in [0, 0.1) is 5.92 Å². The van der Waals surface area contributed by atoms with Gasteiger partial charge in [0.25, 0.3) is 0 Å². The van der Waals surface area contributed by atoms with Gasteiger partial charge < -0.3 is 19.7 Å². The molecule has 160 valence electrons. The number of hydrogen-bond acceptors (Lipinski definition) is 4. The van der Waals surface area contributed by atoms with E-state index in [0.29, 0.717) is 24.6 Å². The number of likely N-dealkylation sites (tertiary alicyclic amines) is 1. The van der Waals surface area contributed by atoms with E-state index in [0.717, 1.165) is 44.2 Å². The number of carbonyl (C=O) groups is 1. The van der Waals surface area contributed by atoms with Gasteiger partial charge in [0.2, 0.25) is 0 Å². The zero-order valence-corrected chi connectivity index (χ0v) is 17.8. The molecular formula is C24H31N3O3. The maximum atomic E-state index is 11.6. The van der Waals surface area contributed by atoms with Crippen LogP contribution in [0.2, 0.25) is 0 Å². The molecule has 0 aromatic heterocycles. The van der Waals surface area contributed by atoms with Gasteiger partial charge in [-0.15, -0.1) is 0 Å². The fourth-order valence-corrected chi connectivity index (χ4v) is 3.53. The van der Waals surface area contributed by atoms with Crippen LogP contribution in [0.1, 0.15) is 34.8 Å². The molecule has 1 heterocycles. The molecule has 6 nitrogen and oxygen atoms in total. The summed E-state index contributed by atoms with van der Waals surface area (Å²) >= 11 is 0. The number of hydrogen-bond donors (Lipinski definition) is 1. The highest BCUT2D eigenvalue weighted by Crippen LogP contribution is 2.18. The van der Waals surface area contributed by atoms with Crippen molar-refractivity contribution in [3.05, 3.63) is 71.3 Å². The van der Waals surface area contributed by atoms with Crippen molar-refractivity contribution in [3.63, 3.8) is 0 Å². The van der Waals surface area contributed by atoms with E-state index >= 15 is 0 Å². The summed E-state index contributed by atoms with van der Waals surface area (Å²) in [5, 5.41) is 3.40. The molecule has 0 radical (unpaired) electrons. The number of methoxy groups -OCH3 is 1. The number of ether oxygens (including phenoxy) is 2. The van der Waals surface area contributed by atoms with E-state index in [-0.39, 0.29) is 5.97 Å². The minimum absolute atomic E-state index is 0.323. The first-order chi connectivity index (χ1) is 14.7. The molecule has 0 amide bonds. The van der Waals surface area contributed by atoms with Crippen LogP contribution in [0.25, 0.3) is 0 Å². The zero-order valence-electron chi connectivity index (χ0n) is 17.8. The molecule has 0 saturated carbocycles. The number of carbonyl (C=O) groups excluding carboxylic acids is 1. The molecule has 1 saturated heterocycles. The first-order valence-electron chi connectivity index (χ1n) is 10.5. The maximum absolute atomic E-state index is 11.6. The molecule has 1 aliphatic rings.